The number of rotatable bonds is 5. The van der Waals surface area contributed by atoms with Crippen LogP contribution in [0.2, 0.25) is 0 Å². The van der Waals surface area contributed by atoms with Gasteiger partial charge in [0, 0.05) is 11.7 Å². The van der Waals surface area contributed by atoms with Gasteiger partial charge in [-0.3, -0.25) is 4.79 Å². The third-order valence-electron chi connectivity index (χ3n) is 2.65. The molecule has 0 aliphatic heterocycles. The highest BCUT2D eigenvalue weighted by atomic mass is 32.2. The first-order valence-corrected chi connectivity index (χ1v) is 7.20. The van der Waals surface area contributed by atoms with Gasteiger partial charge in [-0.2, -0.15) is 11.8 Å². The number of amides is 1. The molecular formula is C13H19FN2OS. The summed E-state index contributed by atoms with van der Waals surface area (Å²) < 4.78 is 13.8. The molecule has 3 nitrogen and oxygen atoms in total. The lowest BCUT2D eigenvalue weighted by Gasteiger charge is -2.14. The number of carbonyl (C=O) groups is 1. The van der Waals surface area contributed by atoms with Gasteiger partial charge in [-0.15, -0.1) is 0 Å². The van der Waals surface area contributed by atoms with Crippen LogP contribution in [-0.2, 0) is 0 Å². The zero-order valence-corrected chi connectivity index (χ0v) is 11.7. The number of nitrogens with two attached hydrogens (primary N) is 1. The van der Waals surface area contributed by atoms with Crippen LogP contribution in [0, 0.1) is 12.7 Å². The Hall–Kier alpha value is -1.23. The fourth-order valence-corrected chi connectivity index (χ4v) is 2.22. The molecule has 0 heterocycles. The van der Waals surface area contributed by atoms with Gasteiger partial charge in [0.1, 0.15) is 5.82 Å². The van der Waals surface area contributed by atoms with Crippen molar-refractivity contribution in [2.75, 3.05) is 17.7 Å². The third-order valence-corrected chi connectivity index (χ3v) is 3.30. The first-order valence-electron chi connectivity index (χ1n) is 5.81. The second-order valence-corrected chi connectivity index (χ2v) is 5.34. The van der Waals surface area contributed by atoms with Gasteiger partial charge >= 0.3 is 0 Å². The summed E-state index contributed by atoms with van der Waals surface area (Å²) in [6.45, 7) is 3.50. The molecule has 100 valence electrons. The number of carbonyl (C=O) groups excluding carboxylic acids is 1. The van der Waals surface area contributed by atoms with Crippen LogP contribution in [0.25, 0.3) is 0 Å². The molecule has 0 spiro atoms. The molecule has 1 aromatic carbocycles. The first-order chi connectivity index (χ1) is 8.45. The Labute approximate surface area is 111 Å². The summed E-state index contributed by atoms with van der Waals surface area (Å²) in [7, 11) is 0. The van der Waals surface area contributed by atoms with Crippen LogP contribution in [0.1, 0.15) is 29.3 Å². The van der Waals surface area contributed by atoms with E-state index in [9.17, 15) is 9.18 Å². The molecule has 5 heteroatoms. The van der Waals surface area contributed by atoms with E-state index in [4.69, 9.17) is 5.73 Å². The van der Waals surface area contributed by atoms with Crippen molar-refractivity contribution in [2.24, 2.45) is 0 Å². The number of nitrogen functional groups attached to an aromatic ring is 1. The zero-order valence-electron chi connectivity index (χ0n) is 10.9. The second kappa shape index (κ2) is 6.64. The average molecular weight is 270 g/mol. The number of nitrogens with one attached hydrogen (secondary N) is 1. The minimum absolute atomic E-state index is 0.0171. The van der Waals surface area contributed by atoms with Gasteiger partial charge < -0.3 is 11.1 Å². The topological polar surface area (TPSA) is 55.1 Å². The number of anilines is 1. The van der Waals surface area contributed by atoms with Crippen LogP contribution in [0.3, 0.4) is 0 Å². The second-order valence-electron chi connectivity index (χ2n) is 4.36. The van der Waals surface area contributed by atoms with Gasteiger partial charge in [0.25, 0.3) is 5.91 Å². The lowest BCUT2D eigenvalue weighted by molar-refractivity contribution is 0.0935. The Balaban J connectivity index is 2.78. The Kier molecular flexibility index (Phi) is 5.47. The molecule has 0 aliphatic carbocycles. The summed E-state index contributed by atoms with van der Waals surface area (Å²) in [6, 6.07) is 2.91. The minimum Gasteiger partial charge on any atom is -0.399 e. The van der Waals surface area contributed by atoms with Gasteiger partial charge in [-0.1, -0.05) is 0 Å². The Morgan fingerprint density at radius 2 is 2.22 bits per heavy atom. The quantitative estimate of drug-likeness (QED) is 0.809. The maximum atomic E-state index is 13.8. The van der Waals surface area contributed by atoms with Gasteiger partial charge in [-0.25, -0.2) is 4.39 Å². The smallest absolute Gasteiger partial charge is 0.254 e. The molecule has 1 amide bonds. The molecule has 1 unspecified atom stereocenters. The Bertz CT molecular complexity index is 437. The molecule has 18 heavy (non-hydrogen) atoms. The number of thioether (sulfide) groups is 1. The van der Waals surface area contributed by atoms with Crippen molar-refractivity contribution in [3.63, 3.8) is 0 Å². The van der Waals surface area contributed by atoms with E-state index in [-0.39, 0.29) is 11.6 Å². The molecule has 0 saturated carbocycles. The Morgan fingerprint density at radius 1 is 1.56 bits per heavy atom. The summed E-state index contributed by atoms with van der Waals surface area (Å²) in [6.07, 6.45) is 2.87. The van der Waals surface area contributed by atoms with E-state index in [0.717, 1.165) is 12.2 Å². The standard InChI is InChI=1S/C13H19FN2OS/c1-8-6-10(15)7-11(12(8)14)13(17)16-9(2)4-5-18-3/h6-7,9H,4-5,15H2,1-3H3,(H,16,17). The number of hydrogen-bond donors (Lipinski definition) is 2. The molecule has 1 aromatic rings. The lowest BCUT2D eigenvalue weighted by Crippen LogP contribution is -2.33. The summed E-state index contributed by atoms with van der Waals surface area (Å²) >= 11 is 1.72. The van der Waals surface area contributed by atoms with E-state index in [1.54, 1.807) is 18.7 Å². The molecule has 0 radical (unpaired) electrons. The van der Waals surface area contributed by atoms with E-state index < -0.39 is 11.7 Å². The van der Waals surface area contributed by atoms with Crippen molar-refractivity contribution in [1.82, 2.24) is 5.32 Å². The van der Waals surface area contributed by atoms with Crippen molar-refractivity contribution in [3.8, 4) is 0 Å². The summed E-state index contributed by atoms with van der Waals surface area (Å²) in [5.41, 5.74) is 6.43. The van der Waals surface area contributed by atoms with Crippen LogP contribution in [0.5, 0.6) is 0 Å². The molecule has 3 N–H and O–H groups in total. The lowest BCUT2D eigenvalue weighted by atomic mass is 10.1. The maximum Gasteiger partial charge on any atom is 0.254 e. The van der Waals surface area contributed by atoms with Gasteiger partial charge in [0.2, 0.25) is 0 Å². The highest BCUT2D eigenvalue weighted by molar-refractivity contribution is 7.98. The van der Waals surface area contributed by atoms with Crippen molar-refractivity contribution >= 4 is 23.4 Å². The van der Waals surface area contributed by atoms with Gasteiger partial charge in [0.15, 0.2) is 0 Å². The van der Waals surface area contributed by atoms with E-state index >= 15 is 0 Å². The van der Waals surface area contributed by atoms with Crippen molar-refractivity contribution in [3.05, 3.63) is 29.1 Å². The molecule has 1 atom stereocenters. The zero-order chi connectivity index (χ0) is 13.7. The van der Waals surface area contributed by atoms with Crippen LogP contribution in [0.4, 0.5) is 10.1 Å². The van der Waals surface area contributed by atoms with Crippen molar-refractivity contribution in [1.29, 1.82) is 0 Å². The highest BCUT2D eigenvalue weighted by Crippen LogP contribution is 2.17. The van der Waals surface area contributed by atoms with Crippen LogP contribution < -0.4 is 11.1 Å². The number of aryl methyl sites for hydroxylation is 1. The highest BCUT2D eigenvalue weighted by Gasteiger charge is 2.16. The minimum atomic E-state index is -0.501. The largest absolute Gasteiger partial charge is 0.399 e. The molecule has 0 saturated heterocycles. The molecular weight excluding hydrogens is 251 g/mol. The molecule has 1 rings (SSSR count). The molecule has 0 bridgehead atoms. The van der Waals surface area contributed by atoms with Crippen LogP contribution >= 0.6 is 11.8 Å². The van der Waals surface area contributed by atoms with E-state index in [1.165, 1.54) is 12.1 Å². The third kappa shape index (κ3) is 3.91. The number of hydrogen-bond acceptors (Lipinski definition) is 3. The summed E-state index contributed by atoms with van der Waals surface area (Å²) in [5.74, 6) is 0.0511. The SMILES string of the molecule is CSCCC(C)NC(=O)c1cc(N)cc(C)c1F. The fourth-order valence-electron chi connectivity index (χ4n) is 1.63. The number of benzene rings is 1. The van der Waals surface area contributed by atoms with E-state index in [2.05, 4.69) is 5.32 Å². The predicted octanol–water partition coefficient (Wildman–Crippen LogP) is 2.59. The normalized spacial score (nSPS) is 12.2. The van der Waals surface area contributed by atoms with Crippen molar-refractivity contribution < 1.29 is 9.18 Å². The summed E-state index contributed by atoms with van der Waals surface area (Å²) in [4.78, 5) is 11.9. The molecule has 0 aliphatic rings. The fraction of sp³-hybridized carbons (Fsp3) is 0.462. The molecule has 0 fully saturated rings. The predicted molar refractivity (Wildman–Crippen MR) is 75.5 cm³/mol. The first kappa shape index (κ1) is 14.8. The van der Waals surface area contributed by atoms with E-state index in [0.29, 0.717) is 11.3 Å². The van der Waals surface area contributed by atoms with Crippen LogP contribution in [-0.4, -0.2) is 24.0 Å². The maximum absolute atomic E-state index is 13.8. The van der Waals surface area contributed by atoms with Crippen molar-refractivity contribution in [2.45, 2.75) is 26.3 Å². The Morgan fingerprint density at radius 3 is 2.83 bits per heavy atom. The van der Waals surface area contributed by atoms with Crippen LogP contribution in [0.15, 0.2) is 12.1 Å². The average Bonchev–Trinajstić information content (AvgIpc) is 2.30. The monoisotopic (exact) mass is 270 g/mol. The number of halogens is 1. The van der Waals surface area contributed by atoms with E-state index in [1.807, 2.05) is 13.2 Å². The summed E-state index contributed by atoms with van der Waals surface area (Å²) in [5, 5.41) is 2.78. The molecule has 0 aromatic heterocycles. The van der Waals surface area contributed by atoms with Gasteiger partial charge in [0.05, 0.1) is 5.56 Å². The van der Waals surface area contributed by atoms with Gasteiger partial charge in [-0.05, 0) is 50.0 Å².